The Hall–Kier alpha value is -4.32. The van der Waals surface area contributed by atoms with Crippen molar-refractivity contribution in [2.24, 2.45) is 0 Å². The van der Waals surface area contributed by atoms with Crippen molar-refractivity contribution in [3.63, 3.8) is 0 Å². The molecule has 0 radical (unpaired) electrons. The van der Waals surface area contributed by atoms with E-state index >= 15 is 0 Å². The van der Waals surface area contributed by atoms with Crippen LogP contribution in [-0.4, -0.2) is 35.7 Å². The largest absolute Gasteiger partial charge is 0.497 e. The number of amides is 1. The molecule has 6 heteroatoms. The highest BCUT2D eigenvalue weighted by Crippen LogP contribution is 2.25. The summed E-state index contributed by atoms with van der Waals surface area (Å²) in [6.45, 7) is 2.15. The van der Waals surface area contributed by atoms with Crippen LogP contribution in [0.2, 0.25) is 0 Å². The molecule has 4 aromatic carbocycles. The molecule has 0 aliphatic heterocycles. The van der Waals surface area contributed by atoms with Gasteiger partial charge in [0.2, 0.25) is 0 Å². The summed E-state index contributed by atoms with van der Waals surface area (Å²) in [5.74, 6) is 2.66. The van der Waals surface area contributed by atoms with E-state index in [4.69, 9.17) is 14.5 Å². The van der Waals surface area contributed by atoms with Gasteiger partial charge in [-0.1, -0.05) is 61.0 Å². The zero-order valence-corrected chi connectivity index (χ0v) is 22.4. The maximum absolute atomic E-state index is 12.4. The monoisotopic (exact) mass is 521 g/mol. The number of nitrogens with one attached hydrogen (secondary N) is 1. The number of nitrogens with zero attached hydrogens (tertiary/aromatic N) is 2. The van der Waals surface area contributed by atoms with E-state index in [1.54, 1.807) is 19.2 Å². The number of unbranched alkanes of at least 4 members (excludes halogenated alkanes) is 2. The third kappa shape index (κ3) is 6.58. The Labute approximate surface area is 229 Å². The van der Waals surface area contributed by atoms with Crippen LogP contribution in [0.5, 0.6) is 11.5 Å². The highest BCUT2D eigenvalue weighted by Gasteiger charge is 2.11. The van der Waals surface area contributed by atoms with Gasteiger partial charge in [0.05, 0.1) is 24.8 Å². The molecule has 1 heterocycles. The summed E-state index contributed by atoms with van der Waals surface area (Å²) in [5.41, 5.74) is 2.82. The van der Waals surface area contributed by atoms with E-state index < -0.39 is 0 Å². The number of ether oxygens (including phenoxy) is 2. The summed E-state index contributed by atoms with van der Waals surface area (Å²) >= 11 is 0. The van der Waals surface area contributed by atoms with Crippen LogP contribution in [0.15, 0.2) is 91.0 Å². The highest BCUT2D eigenvalue weighted by atomic mass is 16.5. The summed E-state index contributed by atoms with van der Waals surface area (Å²) in [4.78, 5) is 17.3. The molecule has 0 saturated carbocycles. The third-order valence-electron chi connectivity index (χ3n) is 6.96. The predicted octanol–water partition coefficient (Wildman–Crippen LogP) is 6.81. The fourth-order valence-corrected chi connectivity index (χ4v) is 4.95. The van der Waals surface area contributed by atoms with E-state index in [0.29, 0.717) is 24.5 Å². The van der Waals surface area contributed by atoms with E-state index in [9.17, 15) is 4.79 Å². The van der Waals surface area contributed by atoms with E-state index in [1.807, 2.05) is 36.4 Å². The summed E-state index contributed by atoms with van der Waals surface area (Å²) in [6, 6.07) is 30.1. The molecule has 1 amide bonds. The van der Waals surface area contributed by atoms with Gasteiger partial charge in [-0.2, -0.15) is 0 Å². The standard InChI is InChI=1S/C33H35N3O3/c1-38-27-15-9-14-26(24-27)33(37)34-21-8-2-3-20-32-35-29-17-6-7-18-30(29)36(32)22-11-23-39-31-19-10-13-25-12-4-5-16-28(25)31/h4-7,9-10,12-19,24H,2-3,8,11,20-23H2,1H3,(H,34,37). The number of hydrogen-bond donors (Lipinski definition) is 1. The number of hydrogen-bond acceptors (Lipinski definition) is 4. The van der Waals surface area contributed by atoms with Crippen LogP contribution >= 0.6 is 0 Å². The van der Waals surface area contributed by atoms with E-state index in [0.717, 1.165) is 61.1 Å². The van der Waals surface area contributed by atoms with Crippen molar-refractivity contribution < 1.29 is 14.3 Å². The molecule has 1 aromatic heterocycles. The number of rotatable bonds is 13. The number of fused-ring (bicyclic) bond motifs is 2. The predicted molar refractivity (Wildman–Crippen MR) is 157 cm³/mol. The Kier molecular flexibility index (Phi) is 8.74. The Morgan fingerprint density at radius 1 is 0.872 bits per heavy atom. The molecular formula is C33H35N3O3. The molecule has 0 saturated heterocycles. The second-order valence-corrected chi connectivity index (χ2v) is 9.65. The summed E-state index contributed by atoms with van der Waals surface area (Å²) in [7, 11) is 1.60. The van der Waals surface area contributed by atoms with Gasteiger partial charge in [0.15, 0.2) is 0 Å². The highest BCUT2D eigenvalue weighted by molar-refractivity contribution is 5.94. The van der Waals surface area contributed by atoms with E-state index in [2.05, 4.69) is 52.3 Å². The first-order chi connectivity index (χ1) is 19.2. The van der Waals surface area contributed by atoms with Gasteiger partial charge in [-0.15, -0.1) is 0 Å². The number of aryl methyl sites for hydroxylation is 2. The Morgan fingerprint density at radius 2 is 1.69 bits per heavy atom. The van der Waals surface area contributed by atoms with Crippen LogP contribution in [0.4, 0.5) is 0 Å². The molecule has 0 fully saturated rings. The lowest BCUT2D eigenvalue weighted by atomic mass is 10.1. The molecule has 0 aliphatic carbocycles. The SMILES string of the molecule is COc1cccc(C(=O)NCCCCCc2nc3ccccc3n2CCCOc2cccc3ccccc23)c1. The lowest BCUT2D eigenvalue weighted by molar-refractivity contribution is 0.0952. The molecule has 0 unspecified atom stereocenters. The van der Waals surface area contributed by atoms with Crippen molar-refractivity contribution in [1.29, 1.82) is 0 Å². The summed E-state index contributed by atoms with van der Waals surface area (Å²) in [6.07, 6.45) is 4.76. The van der Waals surface area contributed by atoms with Crippen molar-refractivity contribution in [1.82, 2.24) is 14.9 Å². The second kappa shape index (κ2) is 13.0. The normalized spacial score (nSPS) is 11.1. The van der Waals surface area contributed by atoms with Gasteiger partial charge in [0.25, 0.3) is 5.91 Å². The van der Waals surface area contributed by atoms with Crippen LogP contribution < -0.4 is 14.8 Å². The molecule has 0 aliphatic rings. The molecule has 200 valence electrons. The first-order valence-electron chi connectivity index (χ1n) is 13.7. The number of carbonyl (C=O) groups is 1. The molecule has 6 nitrogen and oxygen atoms in total. The van der Waals surface area contributed by atoms with Crippen LogP contribution in [0.3, 0.4) is 0 Å². The smallest absolute Gasteiger partial charge is 0.251 e. The molecule has 1 N–H and O–H groups in total. The molecule has 39 heavy (non-hydrogen) atoms. The lowest BCUT2D eigenvalue weighted by Gasteiger charge is -2.12. The van der Waals surface area contributed by atoms with Gasteiger partial charge >= 0.3 is 0 Å². The average Bonchev–Trinajstić information content (AvgIpc) is 3.34. The van der Waals surface area contributed by atoms with Gasteiger partial charge in [0, 0.05) is 30.5 Å². The Morgan fingerprint density at radius 3 is 2.62 bits per heavy atom. The average molecular weight is 522 g/mol. The number of para-hydroxylation sites is 2. The summed E-state index contributed by atoms with van der Waals surface area (Å²) in [5, 5.41) is 5.35. The minimum Gasteiger partial charge on any atom is -0.497 e. The number of imidazole rings is 1. The van der Waals surface area contributed by atoms with Crippen LogP contribution in [0, 0.1) is 0 Å². The first-order valence-corrected chi connectivity index (χ1v) is 13.7. The molecule has 5 rings (SSSR count). The van der Waals surface area contributed by atoms with Gasteiger partial charge in [-0.05, 0) is 61.0 Å². The lowest BCUT2D eigenvalue weighted by Crippen LogP contribution is -2.24. The first kappa shape index (κ1) is 26.3. The fourth-order valence-electron chi connectivity index (χ4n) is 4.95. The topological polar surface area (TPSA) is 65.4 Å². The minimum atomic E-state index is -0.0681. The maximum atomic E-state index is 12.4. The van der Waals surface area contributed by atoms with Gasteiger partial charge < -0.3 is 19.4 Å². The Bertz CT molecular complexity index is 1540. The number of methoxy groups -OCH3 is 1. The van der Waals surface area contributed by atoms with Gasteiger partial charge in [0.1, 0.15) is 17.3 Å². The molecule has 0 bridgehead atoms. The van der Waals surface area contributed by atoms with Crippen LogP contribution in [0.1, 0.15) is 41.9 Å². The van der Waals surface area contributed by atoms with Crippen LogP contribution in [-0.2, 0) is 13.0 Å². The zero-order valence-electron chi connectivity index (χ0n) is 22.4. The zero-order chi connectivity index (χ0) is 26.9. The second-order valence-electron chi connectivity index (χ2n) is 9.65. The molecule has 0 atom stereocenters. The van der Waals surface area contributed by atoms with Crippen LogP contribution in [0.25, 0.3) is 21.8 Å². The number of carbonyl (C=O) groups excluding carboxylic acids is 1. The molecule has 5 aromatic rings. The van der Waals surface area contributed by atoms with Crippen molar-refractivity contribution in [3.05, 3.63) is 102 Å². The van der Waals surface area contributed by atoms with Crippen molar-refractivity contribution in [3.8, 4) is 11.5 Å². The Balaban J connectivity index is 1.11. The number of aromatic nitrogens is 2. The van der Waals surface area contributed by atoms with Crippen molar-refractivity contribution in [2.45, 2.75) is 38.6 Å². The molecular weight excluding hydrogens is 486 g/mol. The maximum Gasteiger partial charge on any atom is 0.251 e. The fraction of sp³-hybridized carbons (Fsp3) is 0.273. The quantitative estimate of drug-likeness (QED) is 0.173. The third-order valence-corrected chi connectivity index (χ3v) is 6.96. The van der Waals surface area contributed by atoms with Crippen molar-refractivity contribution in [2.75, 3.05) is 20.3 Å². The summed E-state index contributed by atoms with van der Waals surface area (Å²) < 4.78 is 13.7. The minimum absolute atomic E-state index is 0.0681. The molecule has 0 spiro atoms. The van der Waals surface area contributed by atoms with E-state index in [1.165, 1.54) is 10.9 Å². The number of benzene rings is 4. The van der Waals surface area contributed by atoms with E-state index in [-0.39, 0.29) is 5.91 Å². The van der Waals surface area contributed by atoms with Gasteiger partial charge in [-0.3, -0.25) is 4.79 Å². The van der Waals surface area contributed by atoms with Gasteiger partial charge in [-0.25, -0.2) is 4.98 Å². The van der Waals surface area contributed by atoms with Crippen molar-refractivity contribution >= 4 is 27.7 Å².